The molecule has 0 fully saturated rings. The number of ether oxygens (including phenoxy) is 3. The van der Waals surface area contributed by atoms with E-state index in [1.807, 2.05) is 38.1 Å². The normalized spacial score (nSPS) is 15.8. The first-order valence-corrected chi connectivity index (χ1v) is 8.29. The SMILES string of the molecule is CC(C)Oc1ccc(C(=O)N(C)C[C@@H]2COc3ccccc3O2)cn1. The number of hydrogen-bond acceptors (Lipinski definition) is 5. The van der Waals surface area contributed by atoms with Crippen LogP contribution in [-0.2, 0) is 0 Å². The van der Waals surface area contributed by atoms with Gasteiger partial charge in [-0.05, 0) is 32.0 Å². The number of likely N-dealkylation sites (N-methyl/N-ethyl adjacent to an activating group) is 1. The van der Waals surface area contributed by atoms with Crippen LogP contribution in [0.1, 0.15) is 24.2 Å². The number of benzene rings is 1. The van der Waals surface area contributed by atoms with Gasteiger partial charge in [0.2, 0.25) is 5.88 Å². The minimum absolute atomic E-state index is 0.0445. The van der Waals surface area contributed by atoms with E-state index < -0.39 is 0 Å². The maximum absolute atomic E-state index is 12.5. The number of aromatic nitrogens is 1. The summed E-state index contributed by atoms with van der Waals surface area (Å²) in [5, 5.41) is 0. The van der Waals surface area contributed by atoms with Crippen LogP contribution in [0.3, 0.4) is 0 Å². The molecule has 1 aliphatic rings. The Morgan fingerprint density at radius 1 is 1.28 bits per heavy atom. The predicted octanol–water partition coefficient (Wildman–Crippen LogP) is 2.78. The number of para-hydroxylation sites is 2. The smallest absolute Gasteiger partial charge is 0.255 e. The molecule has 6 nitrogen and oxygen atoms in total. The van der Waals surface area contributed by atoms with Crippen molar-refractivity contribution in [3.05, 3.63) is 48.2 Å². The van der Waals surface area contributed by atoms with Crippen LogP contribution in [0.15, 0.2) is 42.6 Å². The van der Waals surface area contributed by atoms with Gasteiger partial charge in [-0.2, -0.15) is 0 Å². The summed E-state index contributed by atoms with van der Waals surface area (Å²) in [6.45, 7) is 4.70. The van der Waals surface area contributed by atoms with Gasteiger partial charge in [-0.1, -0.05) is 12.1 Å². The van der Waals surface area contributed by atoms with Crippen LogP contribution in [0.25, 0.3) is 0 Å². The van der Waals surface area contributed by atoms with Gasteiger partial charge in [0.1, 0.15) is 6.61 Å². The molecular weight excluding hydrogens is 320 g/mol. The molecule has 0 aliphatic carbocycles. The summed E-state index contributed by atoms with van der Waals surface area (Å²) in [7, 11) is 1.74. The fourth-order valence-electron chi connectivity index (χ4n) is 2.58. The molecule has 0 bridgehead atoms. The summed E-state index contributed by atoms with van der Waals surface area (Å²) in [5.74, 6) is 1.83. The summed E-state index contributed by atoms with van der Waals surface area (Å²) < 4.78 is 17.1. The van der Waals surface area contributed by atoms with E-state index in [4.69, 9.17) is 14.2 Å². The van der Waals surface area contributed by atoms with Crippen molar-refractivity contribution >= 4 is 5.91 Å². The maximum atomic E-state index is 12.5. The number of pyridine rings is 1. The number of fused-ring (bicyclic) bond motifs is 1. The van der Waals surface area contributed by atoms with E-state index in [1.54, 1.807) is 24.1 Å². The van der Waals surface area contributed by atoms with Crippen LogP contribution >= 0.6 is 0 Å². The van der Waals surface area contributed by atoms with Crippen molar-refractivity contribution in [2.24, 2.45) is 0 Å². The molecular formula is C19H22N2O4. The Bertz CT molecular complexity index is 730. The Balaban J connectivity index is 1.59. The van der Waals surface area contributed by atoms with E-state index >= 15 is 0 Å². The molecule has 0 spiro atoms. The number of nitrogens with zero attached hydrogens (tertiary/aromatic N) is 2. The lowest BCUT2D eigenvalue weighted by atomic mass is 10.2. The molecule has 0 saturated carbocycles. The second kappa shape index (κ2) is 7.42. The quantitative estimate of drug-likeness (QED) is 0.836. The Morgan fingerprint density at radius 2 is 2.04 bits per heavy atom. The Labute approximate surface area is 147 Å². The zero-order chi connectivity index (χ0) is 17.8. The monoisotopic (exact) mass is 342 g/mol. The average molecular weight is 342 g/mol. The molecule has 0 unspecified atom stereocenters. The second-order valence-electron chi connectivity index (χ2n) is 6.23. The highest BCUT2D eigenvalue weighted by atomic mass is 16.6. The lowest BCUT2D eigenvalue weighted by molar-refractivity contribution is 0.0520. The average Bonchev–Trinajstić information content (AvgIpc) is 2.61. The molecule has 6 heteroatoms. The largest absolute Gasteiger partial charge is 0.486 e. The standard InChI is InChI=1S/C19H22N2O4/c1-13(2)24-18-9-8-14(10-20-18)19(22)21(3)11-15-12-23-16-6-4-5-7-17(16)25-15/h4-10,13,15H,11-12H2,1-3H3/t15-/m1/s1. The highest BCUT2D eigenvalue weighted by Crippen LogP contribution is 2.31. The van der Waals surface area contributed by atoms with Crippen molar-refractivity contribution in [1.82, 2.24) is 9.88 Å². The van der Waals surface area contributed by atoms with Gasteiger partial charge in [0.15, 0.2) is 17.6 Å². The zero-order valence-corrected chi connectivity index (χ0v) is 14.6. The molecule has 0 radical (unpaired) electrons. The third-order valence-corrected chi connectivity index (χ3v) is 3.73. The van der Waals surface area contributed by atoms with Crippen molar-refractivity contribution in [1.29, 1.82) is 0 Å². The van der Waals surface area contributed by atoms with Gasteiger partial charge < -0.3 is 19.1 Å². The molecule has 3 rings (SSSR count). The first kappa shape index (κ1) is 17.1. The van der Waals surface area contributed by atoms with Crippen LogP contribution in [0.2, 0.25) is 0 Å². The number of rotatable bonds is 5. The summed E-state index contributed by atoms with van der Waals surface area (Å²) in [5.41, 5.74) is 0.510. The Kier molecular flexibility index (Phi) is 5.07. The third-order valence-electron chi connectivity index (χ3n) is 3.73. The lowest BCUT2D eigenvalue weighted by Gasteiger charge is -2.29. The molecule has 0 saturated heterocycles. The van der Waals surface area contributed by atoms with Crippen molar-refractivity contribution in [2.45, 2.75) is 26.1 Å². The zero-order valence-electron chi connectivity index (χ0n) is 14.6. The summed E-state index contributed by atoms with van der Waals surface area (Å²) in [6, 6.07) is 11.0. The van der Waals surface area contributed by atoms with Gasteiger partial charge in [0, 0.05) is 19.3 Å². The summed E-state index contributed by atoms with van der Waals surface area (Å²) >= 11 is 0. The van der Waals surface area contributed by atoms with Crippen LogP contribution in [-0.4, -0.2) is 48.2 Å². The van der Waals surface area contributed by atoms with E-state index in [0.29, 0.717) is 30.3 Å². The van der Waals surface area contributed by atoms with Crippen molar-refractivity contribution in [3.8, 4) is 17.4 Å². The van der Waals surface area contributed by atoms with Crippen LogP contribution in [0.4, 0.5) is 0 Å². The molecule has 2 aromatic rings. The van der Waals surface area contributed by atoms with Gasteiger partial charge in [0.25, 0.3) is 5.91 Å². The highest BCUT2D eigenvalue weighted by molar-refractivity contribution is 5.93. The number of amides is 1. The van der Waals surface area contributed by atoms with Gasteiger partial charge in [0.05, 0.1) is 18.2 Å². The third kappa shape index (κ3) is 4.21. The van der Waals surface area contributed by atoms with Gasteiger partial charge >= 0.3 is 0 Å². The topological polar surface area (TPSA) is 60.9 Å². The van der Waals surface area contributed by atoms with Crippen molar-refractivity contribution < 1.29 is 19.0 Å². The fourth-order valence-corrected chi connectivity index (χ4v) is 2.58. The number of hydrogen-bond donors (Lipinski definition) is 0. The highest BCUT2D eigenvalue weighted by Gasteiger charge is 2.24. The van der Waals surface area contributed by atoms with E-state index in [1.165, 1.54) is 6.20 Å². The second-order valence-corrected chi connectivity index (χ2v) is 6.23. The minimum atomic E-state index is -0.208. The molecule has 132 valence electrons. The first-order valence-electron chi connectivity index (χ1n) is 8.29. The lowest BCUT2D eigenvalue weighted by Crippen LogP contribution is -2.41. The molecule has 2 heterocycles. The maximum Gasteiger partial charge on any atom is 0.255 e. The molecule has 1 atom stereocenters. The van der Waals surface area contributed by atoms with Crippen LogP contribution < -0.4 is 14.2 Å². The minimum Gasteiger partial charge on any atom is -0.486 e. The van der Waals surface area contributed by atoms with Gasteiger partial charge in [-0.15, -0.1) is 0 Å². The molecule has 1 amide bonds. The fraction of sp³-hybridized carbons (Fsp3) is 0.368. The van der Waals surface area contributed by atoms with Gasteiger partial charge in [-0.25, -0.2) is 4.98 Å². The molecule has 25 heavy (non-hydrogen) atoms. The van der Waals surface area contributed by atoms with Gasteiger partial charge in [-0.3, -0.25) is 4.79 Å². The van der Waals surface area contributed by atoms with Crippen LogP contribution in [0.5, 0.6) is 17.4 Å². The summed E-state index contributed by atoms with van der Waals surface area (Å²) in [4.78, 5) is 18.3. The Morgan fingerprint density at radius 3 is 2.72 bits per heavy atom. The molecule has 1 aromatic heterocycles. The summed E-state index contributed by atoms with van der Waals surface area (Å²) in [6.07, 6.45) is 1.37. The van der Waals surface area contributed by atoms with Crippen molar-refractivity contribution in [2.75, 3.05) is 20.2 Å². The Hall–Kier alpha value is -2.76. The van der Waals surface area contributed by atoms with E-state index in [9.17, 15) is 4.79 Å². The van der Waals surface area contributed by atoms with Crippen LogP contribution in [0, 0.1) is 0 Å². The van der Waals surface area contributed by atoms with E-state index in [0.717, 1.165) is 5.75 Å². The van der Waals surface area contributed by atoms with E-state index in [2.05, 4.69) is 4.98 Å². The number of carbonyl (C=O) groups excluding carboxylic acids is 1. The molecule has 1 aromatic carbocycles. The van der Waals surface area contributed by atoms with Crippen molar-refractivity contribution in [3.63, 3.8) is 0 Å². The molecule has 1 aliphatic heterocycles. The first-order chi connectivity index (χ1) is 12.0. The molecule has 0 N–H and O–H groups in total. The van der Waals surface area contributed by atoms with E-state index in [-0.39, 0.29) is 18.1 Å². The number of carbonyl (C=O) groups is 1. The predicted molar refractivity (Wildman–Crippen MR) is 93.3 cm³/mol.